The van der Waals surface area contributed by atoms with Gasteiger partial charge in [-0.2, -0.15) is 4.98 Å². The molecule has 1 rings (SSSR count). The number of hydrogen-bond donors (Lipinski definition) is 2. The zero-order valence-corrected chi connectivity index (χ0v) is 8.79. The smallest absolute Gasteiger partial charge is 0.269 e. The van der Waals surface area contributed by atoms with Crippen LogP contribution in [-0.2, 0) is 0 Å². The molecular weight excluding hydrogens is 273 g/mol. The monoisotopic (exact) mass is 281 g/mol. The van der Waals surface area contributed by atoms with Crippen molar-refractivity contribution < 1.29 is 5.11 Å². The SMILES string of the molecule is CN(C)c1nc(O)c(I)c(=O)[nH]1. The number of halogens is 1. The molecule has 0 radical (unpaired) electrons. The largest absolute Gasteiger partial charge is 0.492 e. The summed E-state index contributed by atoms with van der Waals surface area (Å²) >= 11 is 1.73. The van der Waals surface area contributed by atoms with Gasteiger partial charge in [0.2, 0.25) is 11.8 Å². The van der Waals surface area contributed by atoms with Gasteiger partial charge < -0.3 is 10.0 Å². The van der Waals surface area contributed by atoms with E-state index in [2.05, 4.69) is 9.97 Å². The van der Waals surface area contributed by atoms with Crippen molar-refractivity contribution in [2.45, 2.75) is 0 Å². The molecule has 0 fully saturated rings. The zero-order chi connectivity index (χ0) is 9.30. The highest BCUT2D eigenvalue weighted by molar-refractivity contribution is 14.1. The number of aromatic hydroxyl groups is 1. The first-order valence-electron chi connectivity index (χ1n) is 3.18. The molecule has 12 heavy (non-hydrogen) atoms. The summed E-state index contributed by atoms with van der Waals surface area (Å²) in [4.78, 5) is 18.9. The summed E-state index contributed by atoms with van der Waals surface area (Å²) < 4.78 is 0.207. The number of hydrogen-bond acceptors (Lipinski definition) is 4. The maximum absolute atomic E-state index is 11.1. The highest BCUT2D eigenvalue weighted by Gasteiger charge is 2.07. The molecule has 0 spiro atoms. The lowest BCUT2D eigenvalue weighted by Crippen LogP contribution is -2.20. The van der Waals surface area contributed by atoms with Gasteiger partial charge in [-0.05, 0) is 22.6 Å². The molecule has 0 aliphatic carbocycles. The third-order valence-corrected chi connectivity index (χ3v) is 2.23. The Hall–Kier alpha value is -0.790. The number of rotatable bonds is 1. The lowest BCUT2D eigenvalue weighted by atomic mass is 10.6. The van der Waals surface area contributed by atoms with E-state index < -0.39 is 0 Å². The van der Waals surface area contributed by atoms with Gasteiger partial charge in [0, 0.05) is 14.1 Å². The van der Waals surface area contributed by atoms with Crippen molar-refractivity contribution >= 4 is 28.5 Å². The van der Waals surface area contributed by atoms with Crippen LogP contribution in [0.15, 0.2) is 4.79 Å². The molecule has 1 aromatic rings. The molecule has 0 bridgehead atoms. The average molecular weight is 281 g/mol. The molecule has 0 atom stereocenters. The van der Waals surface area contributed by atoms with Crippen LogP contribution in [0.5, 0.6) is 5.88 Å². The first-order chi connectivity index (χ1) is 5.52. The second-order valence-corrected chi connectivity index (χ2v) is 3.50. The van der Waals surface area contributed by atoms with E-state index in [1.165, 1.54) is 0 Å². The summed E-state index contributed by atoms with van der Waals surface area (Å²) in [5.41, 5.74) is -0.327. The number of nitrogens with zero attached hydrogens (tertiary/aromatic N) is 2. The van der Waals surface area contributed by atoms with Crippen LogP contribution >= 0.6 is 22.6 Å². The Labute approximate surface area is 82.6 Å². The standard InChI is InChI=1S/C6H8IN3O2/c1-10(2)6-8-4(11)3(7)5(12)9-6/h1-2H3,(H2,8,9,11,12). The minimum atomic E-state index is -0.327. The van der Waals surface area contributed by atoms with Crippen LogP contribution in [0.2, 0.25) is 0 Å². The van der Waals surface area contributed by atoms with Crippen LogP contribution < -0.4 is 10.5 Å². The number of aromatic amines is 1. The van der Waals surface area contributed by atoms with Gasteiger partial charge in [-0.1, -0.05) is 0 Å². The van der Waals surface area contributed by atoms with Gasteiger partial charge in [-0.15, -0.1) is 0 Å². The molecular formula is C6H8IN3O2. The van der Waals surface area contributed by atoms with E-state index in [1.807, 2.05) is 0 Å². The Balaban J connectivity index is 3.31. The van der Waals surface area contributed by atoms with Gasteiger partial charge in [0.25, 0.3) is 5.56 Å². The van der Waals surface area contributed by atoms with E-state index in [0.717, 1.165) is 0 Å². The number of anilines is 1. The molecule has 1 aromatic heterocycles. The fourth-order valence-electron chi connectivity index (χ4n) is 0.647. The number of aromatic nitrogens is 2. The fraction of sp³-hybridized carbons (Fsp3) is 0.333. The molecule has 66 valence electrons. The van der Waals surface area contributed by atoms with Crippen molar-refractivity contribution in [2.75, 3.05) is 19.0 Å². The maximum Gasteiger partial charge on any atom is 0.269 e. The van der Waals surface area contributed by atoms with Crippen molar-refractivity contribution in [3.05, 3.63) is 13.9 Å². The van der Waals surface area contributed by atoms with Gasteiger partial charge in [0.05, 0.1) is 0 Å². The lowest BCUT2D eigenvalue weighted by molar-refractivity contribution is 0.446. The number of H-pyrrole nitrogens is 1. The van der Waals surface area contributed by atoms with E-state index in [9.17, 15) is 4.79 Å². The fourth-order valence-corrected chi connectivity index (χ4v) is 0.903. The van der Waals surface area contributed by atoms with Gasteiger partial charge in [0.1, 0.15) is 3.57 Å². The summed E-state index contributed by atoms with van der Waals surface area (Å²) in [5.74, 6) is 0.112. The molecule has 0 aromatic carbocycles. The predicted molar refractivity (Wildman–Crippen MR) is 53.6 cm³/mol. The van der Waals surface area contributed by atoms with Gasteiger partial charge in [-0.3, -0.25) is 9.78 Å². The predicted octanol–water partition coefficient (Wildman–Crippen LogP) is 0.146. The van der Waals surface area contributed by atoms with Crippen LogP contribution in [0.25, 0.3) is 0 Å². The van der Waals surface area contributed by atoms with E-state index in [0.29, 0.717) is 5.95 Å². The van der Waals surface area contributed by atoms with E-state index in [4.69, 9.17) is 5.11 Å². The lowest BCUT2D eigenvalue weighted by Gasteiger charge is -2.10. The molecule has 0 aliphatic heterocycles. The van der Waals surface area contributed by atoms with Crippen molar-refractivity contribution in [2.24, 2.45) is 0 Å². The molecule has 0 saturated heterocycles. The third-order valence-electron chi connectivity index (χ3n) is 1.26. The van der Waals surface area contributed by atoms with Crippen molar-refractivity contribution in [3.8, 4) is 5.88 Å². The topological polar surface area (TPSA) is 69.2 Å². The number of nitrogens with one attached hydrogen (secondary N) is 1. The second-order valence-electron chi connectivity index (χ2n) is 2.42. The van der Waals surface area contributed by atoms with E-state index in [1.54, 1.807) is 41.6 Å². The molecule has 2 N–H and O–H groups in total. The minimum Gasteiger partial charge on any atom is -0.492 e. The van der Waals surface area contributed by atoms with Crippen LogP contribution in [0, 0.1) is 3.57 Å². The first-order valence-corrected chi connectivity index (χ1v) is 4.26. The van der Waals surface area contributed by atoms with Crippen LogP contribution in [-0.4, -0.2) is 29.2 Å². The molecule has 0 aliphatic rings. The molecule has 0 saturated carbocycles. The van der Waals surface area contributed by atoms with Gasteiger partial charge in [0.15, 0.2) is 0 Å². The van der Waals surface area contributed by atoms with Crippen molar-refractivity contribution in [1.82, 2.24) is 9.97 Å². The second kappa shape index (κ2) is 3.30. The summed E-state index contributed by atoms with van der Waals surface area (Å²) in [6.07, 6.45) is 0. The van der Waals surface area contributed by atoms with Crippen LogP contribution in [0.4, 0.5) is 5.95 Å². The van der Waals surface area contributed by atoms with Crippen LogP contribution in [0.1, 0.15) is 0 Å². The summed E-state index contributed by atoms with van der Waals surface area (Å²) in [5, 5.41) is 9.16. The molecule has 0 unspecified atom stereocenters. The Morgan fingerprint density at radius 2 is 2.17 bits per heavy atom. The molecule has 1 heterocycles. The molecule has 0 amide bonds. The Morgan fingerprint density at radius 1 is 1.58 bits per heavy atom. The van der Waals surface area contributed by atoms with Crippen LogP contribution in [0.3, 0.4) is 0 Å². The van der Waals surface area contributed by atoms with E-state index in [-0.39, 0.29) is 15.0 Å². The maximum atomic E-state index is 11.1. The average Bonchev–Trinajstić information content (AvgIpc) is 1.99. The summed E-state index contributed by atoms with van der Waals surface area (Å²) in [6.45, 7) is 0. The Kier molecular flexibility index (Phi) is 2.55. The zero-order valence-electron chi connectivity index (χ0n) is 6.63. The van der Waals surface area contributed by atoms with Crippen molar-refractivity contribution in [3.63, 3.8) is 0 Å². The van der Waals surface area contributed by atoms with Crippen molar-refractivity contribution in [1.29, 1.82) is 0 Å². The van der Waals surface area contributed by atoms with E-state index >= 15 is 0 Å². The Morgan fingerprint density at radius 3 is 2.58 bits per heavy atom. The summed E-state index contributed by atoms with van der Waals surface area (Å²) in [6, 6.07) is 0. The third kappa shape index (κ3) is 1.68. The Bertz CT molecular complexity index is 347. The highest BCUT2D eigenvalue weighted by atomic mass is 127. The quantitative estimate of drug-likeness (QED) is 0.719. The minimum absolute atomic E-state index is 0.207. The normalized spacial score (nSPS) is 9.92. The van der Waals surface area contributed by atoms with Gasteiger partial charge >= 0.3 is 0 Å². The summed E-state index contributed by atoms with van der Waals surface area (Å²) in [7, 11) is 3.45. The highest BCUT2D eigenvalue weighted by Crippen LogP contribution is 2.13. The first kappa shape index (κ1) is 9.30. The van der Waals surface area contributed by atoms with Gasteiger partial charge in [-0.25, -0.2) is 0 Å². The molecule has 5 nitrogen and oxygen atoms in total. The molecule has 6 heteroatoms.